The highest BCUT2D eigenvalue weighted by Gasteiger charge is 2.09. The topological polar surface area (TPSA) is 56.3 Å². The molecule has 0 bridgehead atoms. The first-order valence-electron chi connectivity index (χ1n) is 4.10. The predicted molar refractivity (Wildman–Crippen MR) is 51.2 cm³/mol. The van der Waals surface area contributed by atoms with Gasteiger partial charge in [-0.15, -0.1) is 0 Å². The zero-order chi connectivity index (χ0) is 10.0. The van der Waals surface area contributed by atoms with Crippen molar-refractivity contribution in [1.82, 2.24) is 4.98 Å². The number of aromatic nitrogens is 1. The van der Waals surface area contributed by atoms with Crippen LogP contribution in [0.3, 0.4) is 0 Å². The van der Waals surface area contributed by atoms with E-state index in [-0.39, 0.29) is 6.54 Å². The van der Waals surface area contributed by atoms with Crippen molar-refractivity contribution in [2.24, 2.45) is 0 Å². The number of nitrogens with zero attached hydrogens (tertiary/aromatic N) is 1. The van der Waals surface area contributed by atoms with E-state index in [9.17, 15) is 4.79 Å². The molecule has 0 radical (unpaired) electrons. The molecule has 0 saturated heterocycles. The monoisotopic (exact) mass is 182 g/mol. The molecule has 1 aromatic heterocycles. The maximum Gasteiger partial charge on any atom is 0.323 e. The number of hydrogen-bond donors (Lipinski definition) is 2. The lowest BCUT2D eigenvalue weighted by atomic mass is 10.3. The van der Waals surface area contributed by atoms with Crippen LogP contribution in [0.2, 0.25) is 0 Å². The van der Waals surface area contributed by atoms with Gasteiger partial charge in [-0.3, -0.25) is 4.79 Å². The van der Waals surface area contributed by atoms with Gasteiger partial charge in [-0.25, -0.2) is 0 Å². The molecule has 4 nitrogen and oxygen atoms in total. The van der Waals surface area contributed by atoms with E-state index in [1.807, 2.05) is 19.9 Å². The molecular weight excluding hydrogens is 168 g/mol. The van der Waals surface area contributed by atoms with Gasteiger partial charge >= 0.3 is 5.97 Å². The molecule has 13 heavy (non-hydrogen) atoms. The summed E-state index contributed by atoms with van der Waals surface area (Å²) in [6.07, 6.45) is 0. The van der Waals surface area contributed by atoms with Crippen LogP contribution in [0.1, 0.15) is 11.4 Å². The van der Waals surface area contributed by atoms with E-state index in [1.54, 1.807) is 11.9 Å². The highest BCUT2D eigenvalue weighted by molar-refractivity contribution is 5.74. The van der Waals surface area contributed by atoms with E-state index in [0.29, 0.717) is 0 Å². The molecule has 0 aliphatic rings. The van der Waals surface area contributed by atoms with Crippen LogP contribution in [0.15, 0.2) is 6.07 Å². The first-order chi connectivity index (χ1) is 6.00. The summed E-state index contributed by atoms with van der Waals surface area (Å²) in [4.78, 5) is 15.3. The maximum absolute atomic E-state index is 10.4. The van der Waals surface area contributed by atoms with Crippen molar-refractivity contribution in [1.29, 1.82) is 0 Å². The van der Waals surface area contributed by atoms with Crippen LogP contribution in [0, 0.1) is 13.8 Å². The number of anilines is 1. The number of carboxylic acids is 1. The van der Waals surface area contributed by atoms with Gasteiger partial charge in [0.1, 0.15) is 6.54 Å². The Morgan fingerprint density at radius 3 is 2.62 bits per heavy atom. The largest absolute Gasteiger partial charge is 0.480 e. The number of likely N-dealkylation sites (N-methyl/N-ethyl adjacent to an activating group) is 1. The molecular formula is C9H14N2O2. The van der Waals surface area contributed by atoms with Crippen molar-refractivity contribution >= 4 is 11.7 Å². The molecule has 1 aromatic rings. The van der Waals surface area contributed by atoms with Gasteiger partial charge in [0.25, 0.3) is 0 Å². The molecule has 0 spiro atoms. The minimum absolute atomic E-state index is 0.0259. The Kier molecular flexibility index (Phi) is 2.60. The van der Waals surface area contributed by atoms with Crippen LogP contribution >= 0.6 is 0 Å². The van der Waals surface area contributed by atoms with Crippen molar-refractivity contribution in [2.45, 2.75) is 13.8 Å². The number of aliphatic carboxylic acids is 1. The molecule has 0 aliphatic heterocycles. The molecule has 1 heterocycles. The molecule has 72 valence electrons. The lowest BCUT2D eigenvalue weighted by molar-refractivity contribution is -0.135. The van der Waals surface area contributed by atoms with E-state index in [1.165, 1.54) is 0 Å². The zero-order valence-electron chi connectivity index (χ0n) is 8.09. The third-order valence-electron chi connectivity index (χ3n) is 1.91. The Morgan fingerprint density at radius 2 is 2.23 bits per heavy atom. The van der Waals surface area contributed by atoms with Crippen molar-refractivity contribution < 1.29 is 9.90 Å². The van der Waals surface area contributed by atoms with E-state index in [2.05, 4.69) is 4.98 Å². The van der Waals surface area contributed by atoms with Crippen molar-refractivity contribution in [2.75, 3.05) is 18.5 Å². The molecule has 0 unspecified atom stereocenters. The maximum atomic E-state index is 10.4. The van der Waals surface area contributed by atoms with E-state index < -0.39 is 5.97 Å². The highest BCUT2D eigenvalue weighted by Crippen LogP contribution is 2.18. The second-order valence-corrected chi connectivity index (χ2v) is 3.21. The Hall–Kier alpha value is -1.45. The van der Waals surface area contributed by atoms with Gasteiger partial charge in [0.05, 0.1) is 5.69 Å². The summed E-state index contributed by atoms with van der Waals surface area (Å²) in [5.41, 5.74) is 2.99. The fourth-order valence-electron chi connectivity index (χ4n) is 1.39. The number of aromatic amines is 1. The summed E-state index contributed by atoms with van der Waals surface area (Å²) in [6.45, 7) is 3.91. The van der Waals surface area contributed by atoms with E-state index in [4.69, 9.17) is 5.11 Å². The number of aryl methyl sites for hydroxylation is 2. The summed E-state index contributed by atoms with van der Waals surface area (Å²) in [6, 6.07) is 1.94. The van der Waals surface area contributed by atoms with Crippen LogP contribution in [0.4, 0.5) is 5.69 Å². The average Bonchev–Trinajstić information content (AvgIpc) is 2.28. The van der Waals surface area contributed by atoms with Crippen LogP contribution in [-0.4, -0.2) is 29.7 Å². The number of hydrogen-bond acceptors (Lipinski definition) is 2. The van der Waals surface area contributed by atoms with Gasteiger partial charge in [-0.1, -0.05) is 0 Å². The second-order valence-electron chi connectivity index (χ2n) is 3.21. The molecule has 0 fully saturated rings. The lowest BCUT2D eigenvalue weighted by Crippen LogP contribution is -2.25. The minimum Gasteiger partial charge on any atom is -0.480 e. The van der Waals surface area contributed by atoms with Gasteiger partial charge in [-0.05, 0) is 19.9 Å². The summed E-state index contributed by atoms with van der Waals surface area (Å²) in [7, 11) is 1.77. The first-order valence-corrected chi connectivity index (χ1v) is 4.10. The Morgan fingerprint density at radius 1 is 1.62 bits per heavy atom. The SMILES string of the molecule is Cc1cc(N(C)CC(=O)O)c(C)[nH]1. The minimum atomic E-state index is -0.819. The molecule has 0 atom stereocenters. The van der Waals surface area contributed by atoms with Gasteiger partial charge in [0.15, 0.2) is 0 Å². The van der Waals surface area contributed by atoms with Crippen LogP contribution in [0.5, 0.6) is 0 Å². The van der Waals surface area contributed by atoms with Crippen molar-refractivity contribution in [3.8, 4) is 0 Å². The first kappa shape index (κ1) is 9.64. The number of nitrogens with one attached hydrogen (secondary N) is 1. The number of rotatable bonds is 3. The van der Waals surface area contributed by atoms with Gasteiger partial charge < -0.3 is 15.0 Å². The number of H-pyrrole nitrogens is 1. The average molecular weight is 182 g/mol. The second kappa shape index (κ2) is 3.51. The summed E-state index contributed by atoms with van der Waals surface area (Å²) >= 11 is 0. The molecule has 4 heteroatoms. The number of carboxylic acid groups (broad SMARTS) is 1. The van der Waals surface area contributed by atoms with Crippen molar-refractivity contribution in [3.05, 3.63) is 17.5 Å². The fraction of sp³-hybridized carbons (Fsp3) is 0.444. The van der Waals surface area contributed by atoms with Crippen LogP contribution in [0.25, 0.3) is 0 Å². The highest BCUT2D eigenvalue weighted by atomic mass is 16.4. The molecule has 1 rings (SSSR count). The quantitative estimate of drug-likeness (QED) is 0.737. The van der Waals surface area contributed by atoms with E-state index in [0.717, 1.165) is 17.1 Å². The molecule has 0 amide bonds. The molecule has 0 aromatic carbocycles. The van der Waals surface area contributed by atoms with Crippen LogP contribution in [-0.2, 0) is 4.79 Å². The predicted octanol–water partition coefficient (Wildman–Crippen LogP) is 1.15. The Labute approximate surface area is 77.2 Å². The van der Waals surface area contributed by atoms with Crippen LogP contribution < -0.4 is 4.90 Å². The molecule has 0 saturated carbocycles. The van der Waals surface area contributed by atoms with Gasteiger partial charge in [-0.2, -0.15) is 0 Å². The molecule has 2 N–H and O–H groups in total. The molecule has 0 aliphatic carbocycles. The third kappa shape index (κ3) is 2.24. The summed E-state index contributed by atoms with van der Waals surface area (Å²) in [5, 5.41) is 8.59. The number of carbonyl (C=O) groups is 1. The zero-order valence-corrected chi connectivity index (χ0v) is 8.09. The van der Waals surface area contributed by atoms with Gasteiger partial charge in [0.2, 0.25) is 0 Å². The normalized spacial score (nSPS) is 10.1. The Bertz CT molecular complexity index is 317. The standard InChI is InChI=1S/C9H14N2O2/c1-6-4-8(7(2)10-6)11(3)5-9(12)13/h4,10H,5H2,1-3H3,(H,12,13). The van der Waals surface area contributed by atoms with Gasteiger partial charge in [0, 0.05) is 18.4 Å². The lowest BCUT2D eigenvalue weighted by Gasteiger charge is -2.15. The smallest absolute Gasteiger partial charge is 0.323 e. The summed E-state index contributed by atoms with van der Waals surface area (Å²) < 4.78 is 0. The van der Waals surface area contributed by atoms with E-state index >= 15 is 0 Å². The third-order valence-corrected chi connectivity index (χ3v) is 1.91. The summed E-state index contributed by atoms with van der Waals surface area (Å²) in [5.74, 6) is -0.819. The Balaban J connectivity index is 2.81. The fourth-order valence-corrected chi connectivity index (χ4v) is 1.39. The van der Waals surface area contributed by atoms with Crippen molar-refractivity contribution in [3.63, 3.8) is 0 Å².